The minimum absolute atomic E-state index is 0.917. The summed E-state index contributed by atoms with van der Waals surface area (Å²) in [5, 5.41) is 134. The first-order valence-corrected chi connectivity index (χ1v) is 33.9. The van der Waals surface area contributed by atoms with Gasteiger partial charge in [-0.15, -0.1) is 0 Å². The molecule has 28 nitrogen and oxygen atoms in total. The molecule has 0 amide bonds. The molecule has 0 aromatic carbocycles. The van der Waals surface area contributed by atoms with E-state index in [4.69, 9.17) is 61.2 Å². The highest BCUT2D eigenvalue weighted by atomic mass is 16.4. The zero-order valence-electron chi connectivity index (χ0n) is 60.0. The van der Waals surface area contributed by atoms with Crippen molar-refractivity contribution in [3.63, 3.8) is 0 Å². The van der Waals surface area contributed by atoms with Crippen LogP contribution in [0.5, 0.6) is 0 Å². The van der Waals surface area contributed by atoms with Crippen molar-refractivity contribution in [3.05, 3.63) is 196 Å². The molecule has 100 heavy (non-hydrogen) atoms. The fourth-order valence-corrected chi connectivity index (χ4v) is 6.51. The summed E-state index contributed by atoms with van der Waals surface area (Å²) in [6.07, 6.45) is 50.0. The molecule has 0 saturated carbocycles. The molecule has 0 radical (unpaired) electrons. The standard InChI is InChI=1S/8C8H13N2.4CBNO2/c8*1-2-3-7-10-8-5-4-6-9-10;4*3-1-2(4)5/h8*4-6,8H,2-3,7H2,1H3;;;;/q8*+1;4*-2. The molecule has 0 aliphatic rings. The lowest BCUT2D eigenvalue weighted by atomic mass is 9.97. The maximum absolute atomic E-state index is 8.98. The van der Waals surface area contributed by atoms with Gasteiger partial charge in [0.1, 0.15) is 0 Å². The highest BCUT2D eigenvalue weighted by Crippen LogP contribution is 1.89. The van der Waals surface area contributed by atoms with Crippen molar-refractivity contribution < 1.29 is 77.6 Å². The van der Waals surface area contributed by atoms with E-state index in [9.17, 15) is 0 Å². The van der Waals surface area contributed by atoms with Crippen LogP contribution >= 0.6 is 0 Å². The third-order valence-corrected chi connectivity index (χ3v) is 11.7. The quantitative estimate of drug-likeness (QED) is 0.0485. The van der Waals surface area contributed by atoms with Crippen molar-refractivity contribution in [2.24, 2.45) is 0 Å². The number of nitrogens with zero attached hydrogens (tertiary/aromatic N) is 20. The second kappa shape index (κ2) is 78.5. The van der Waals surface area contributed by atoms with E-state index in [1.54, 1.807) is 0 Å². The van der Waals surface area contributed by atoms with Crippen molar-refractivity contribution in [1.82, 2.24) is 40.8 Å². The van der Waals surface area contributed by atoms with Gasteiger partial charge in [0.2, 0.25) is 0 Å². The normalized spacial score (nSPS) is 8.92. The van der Waals surface area contributed by atoms with Crippen molar-refractivity contribution >= 4 is 28.5 Å². The summed E-state index contributed by atoms with van der Waals surface area (Å²) in [4.78, 5) is 0. The fraction of sp³-hybridized carbons (Fsp3) is 0.471. The monoisotopic (exact) mass is 1370 g/mol. The molecule has 0 spiro atoms. The van der Waals surface area contributed by atoms with Crippen LogP contribution in [0.4, 0.5) is 0 Å². The van der Waals surface area contributed by atoms with Crippen LogP contribution in [0, 0.1) is 44.9 Å². The fourth-order valence-electron chi connectivity index (χ4n) is 6.51. The molecule has 536 valence electrons. The van der Waals surface area contributed by atoms with Crippen LogP contribution in [0.15, 0.2) is 196 Å². The SMILES string of the molecule is CCCC[n+]1ccccn1.CCCC[n+]1ccccn1.CCCC[n+]1ccccn1.CCCC[n+]1ccccn1.CCCC[n+]1ccccn1.CCCC[n+]1ccccn1.CCCC[n+]1ccccn1.CCCC[n+]1ccccn1.N#CB([O-])[O-].N#CB([O-])[O-].N#CB([O-])[O-].N#CB([O-])[O-]. The van der Waals surface area contributed by atoms with Crippen LogP contribution in [-0.4, -0.2) is 69.3 Å². The zero-order chi connectivity index (χ0) is 75.0. The van der Waals surface area contributed by atoms with E-state index in [0.717, 1.165) is 76.2 Å². The number of aromatic nitrogens is 16. The van der Waals surface area contributed by atoms with Crippen LogP contribution in [0.3, 0.4) is 0 Å². The molecule has 0 aliphatic carbocycles. The van der Waals surface area contributed by atoms with Crippen LogP contribution in [0.25, 0.3) is 0 Å². The number of hydrogen-bond donors (Lipinski definition) is 0. The molecular weight excluding hydrogens is 1270 g/mol. The third-order valence-electron chi connectivity index (χ3n) is 11.7. The van der Waals surface area contributed by atoms with E-state index in [0.29, 0.717) is 0 Å². The lowest BCUT2D eigenvalue weighted by molar-refractivity contribution is -0.754. The molecule has 0 fully saturated rings. The van der Waals surface area contributed by atoms with E-state index in [-0.39, 0.29) is 0 Å². The minimum Gasteiger partial charge on any atom is -0.881 e. The summed E-state index contributed by atoms with van der Waals surface area (Å²) in [6, 6.07) is 31.5. The number of hydrogen-bond acceptors (Lipinski definition) is 20. The van der Waals surface area contributed by atoms with Gasteiger partial charge >= 0.3 is 0 Å². The van der Waals surface area contributed by atoms with Gasteiger partial charge in [-0.3, -0.25) is 0 Å². The van der Waals surface area contributed by atoms with Gasteiger partial charge in [-0.1, -0.05) is 144 Å². The molecule has 0 aliphatic heterocycles. The van der Waals surface area contributed by atoms with Crippen molar-refractivity contribution in [2.75, 3.05) is 0 Å². The van der Waals surface area contributed by atoms with E-state index in [1.165, 1.54) is 103 Å². The predicted molar refractivity (Wildman–Crippen MR) is 360 cm³/mol. The maximum atomic E-state index is 8.98. The maximum Gasteiger partial charge on any atom is 0.196 e. The van der Waals surface area contributed by atoms with Crippen molar-refractivity contribution in [3.8, 4) is 23.9 Å². The van der Waals surface area contributed by atoms with Gasteiger partial charge in [-0.25, -0.2) is 21.0 Å². The molecule has 0 bridgehead atoms. The molecule has 0 atom stereocenters. The molecular formula is C68H104B4N20O8. The van der Waals surface area contributed by atoms with Gasteiger partial charge in [-0.05, 0) is 113 Å². The van der Waals surface area contributed by atoms with E-state index in [2.05, 4.69) is 96.2 Å². The molecule has 8 aromatic rings. The average Bonchev–Trinajstić information content (AvgIpc) is 3.33. The first kappa shape index (κ1) is 96.9. The summed E-state index contributed by atoms with van der Waals surface area (Å²) in [5.41, 5.74) is 0. The molecule has 8 heterocycles. The van der Waals surface area contributed by atoms with Crippen molar-refractivity contribution in [2.45, 2.75) is 210 Å². The Morgan fingerprint density at radius 1 is 0.220 bits per heavy atom. The Labute approximate surface area is 595 Å². The Morgan fingerprint density at radius 2 is 0.320 bits per heavy atom. The van der Waals surface area contributed by atoms with Crippen LogP contribution in [0.1, 0.15) is 158 Å². The second-order valence-corrected chi connectivity index (χ2v) is 20.4. The van der Waals surface area contributed by atoms with Gasteiger partial charge in [0, 0.05) is 128 Å². The zero-order valence-corrected chi connectivity index (χ0v) is 60.0. The van der Waals surface area contributed by atoms with Gasteiger partial charge in [0.05, 0.1) is 49.6 Å². The smallest absolute Gasteiger partial charge is 0.196 e. The Kier molecular flexibility index (Phi) is 76.1. The Hall–Kier alpha value is -9.46. The summed E-state index contributed by atoms with van der Waals surface area (Å²) in [5.74, 6) is 3.67. The summed E-state index contributed by atoms with van der Waals surface area (Å²) in [7, 11) is -9.24. The molecule has 32 heteroatoms. The predicted octanol–water partition coefficient (Wildman–Crippen LogP) is -1.61. The lowest BCUT2D eigenvalue weighted by Gasteiger charge is -2.12. The summed E-state index contributed by atoms with van der Waals surface area (Å²) < 4.78 is 15.7. The average molecular weight is 1370 g/mol. The Bertz CT molecular complexity index is 2500. The lowest BCUT2D eigenvalue weighted by Crippen LogP contribution is -2.43. The third kappa shape index (κ3) is 75.9. The van der Waals surface area contributed by atoms with Gasteiger partial charge < -0.3 is 40.2 Å². The topological polar surface area (TPSA) is 414 Å². The number of aryl methyl sites for hydroxylation is 8. The molecule has 0 N–H and O–H groups in total. The Balaban J connectivity index is -0.000000508. The van der Waals surface area contributed by atoms with E-state index < -0.39 is 28.5 Å². The van der Waals surface area contributed by atoms with Crippen LogP contribution in [0.2, 0.25) is 0 Å². The highest BCUT2D eigenvalue weighted by Gasteiger charge is 2.02. The van der Waals surface area contributed by atoms with Gasteiger partial charge in [-0.2, -0.15) is 0 Å². The Morgan fingerprint density at radius 3 is 0.380 bits per heavy atom. The minimum atomic E-state index is -2.31. The summed E-state index contributed by atoms with van der Waals surface area (Å²) in [6.45, 7) is 25.8. The first-order chi connectivity index (χ1) is 48.5. The van der Waals surface area contributed by atoms with Crippen molar-refractivity contribution in [1.29, 1.82) is 21.0 Å². The van der Waals surface area contributed by atoms with Gasteiger partial charge in [0.25, 0.3) is 0 Å². The molecule has 0 unspecified atom stereocenters. The largest absolute Gasteiger partial charge is 0.881 e. The second-order valence-electron chi connectivity index (χ2n) is 20.4. The van der Waals surface area contributed by atoms with Crippen LogP contribution in [-0.2, 0) is 52.4 Å². The first-order valence-electron chi connectivity index (χ1n) is 33.9. The van der Waals surface area contributed by atoms with E-state index in [1.807, 2.05) is 234 Å². The number of unbranched alkanes of at least 4 members (excludes halogenated alkanes) is 8. The molecule has 8 rings (SSSR count). The number of nitriles is 4. The number of rotatable bonds is 24. The van der Waals surface area contributed by atoms with Crippen LogP contribution < -0.4 is 77.6 Å². The van der Waals surface area contributed by atoms with Gasteiger partial charge in [0.15, 0.2) is 102 Å². The summed E-state index contributed by atoms with van der Waals surface area (Å²) >= 11 is 0. The molecule has 0 saturated heterocycles. The molecule has 8 aromatic heterocycles. The van der Waals surface area contributed by atoms with E-state index >= 15 is 0 Å². The highest BCUT2D eigenvalue weighted by molar-refractivity contribution is 6.47.